The van der Waals surface area contributed by atoms with Gasteiger partial charge in [-0.1, -0.05) is 11.2 Å². The van der Waals surface area contributed by atoms with Crippen LogP contribution in [0.4, 0.5) is 17.6 Å². The molecule has 0 atom stereocenters. The van der Waals surface area contributed by atoms with Gasteiger partial charge in [0.1, 0.15) is 12.4 Å². The predicted molar refractivity (Wildman–Crippen MR) is 58.1 cm³/mol. The van der Waals surface area contributed by atoms with Gasteiger partial charge in [-0.15, -0.1) is 0 Å². The summed E-state index contributed by atoms with van der Waals surface area (Å²) in [6, 6.07) is 4.33. The van der Waals surface area contributed by atoms with Gasteiger partial charge in [0.15, 0.2) is 0 Å². The van der Waals surface area contributed by atoms with Crippen LogP contribution in [0.3, 0.4) is 0 Å². The van der Waals surface area contributed by atoms with Crippen molar-refractivity contribution in [3.8, 4) is 0 Å². The molecule has 0 bridgehead atoms. The summed E-state index contributed by atoms with van der Waals surface area (Å²) in [6.45, 7) is -0.171. The lowest BCUT2D eigenvalue weighted by molar-refractivity contribution is -0.146. The second kappa shape index (κ2) is 4.29. The number of hydrogen-bond acceptors (Lipinski definition) is 4. The molecule has 0 unspecified atom stereocenters. The van der Waals surface area contributed by atoms with Crippen molar-refractivity contribution in [3.05, 3.63) is 41.9 Å². The number of aromatic nitrogens is 4. The molecule has 0 fully saturated rings. The van der Waals surface area contributed by atoms with Crippen LogP contribution in [0.1, 0.15) is 11.7 Å². The fourth-order valence-electron chi connectivity index (χ4n) is 1.76. The Balaban J connectivity index is 1.94. The summed E-state index contributed by atoms with van der Waals surface area (Å²) in [5, 5.41) is 7.00. The Labute approximate surface area is 108 Å². The van der Waals surface area contributed by atoms with Crippen LogP contribution in [0.2, 0.25) is 0 Å². The summed E-state index contributed by atoms with van der Waals surface area (Å²) in [7, 11) is 0. The highest BCUT2D eigenvalue weighted by atomic mass is 19.4. The van der Waals surface area contributed by atoms with Gasteiger partial charge in [0, 0.05) is 0 Å². The topological polar surface area (TPSA) is 56.7 Å². The Morgan fingerprint density at radius 2 is 2.05 bits per heavy atom. The lowest BCUT2D eigenvalue weighted by atomic mass is 10.2. The van der Waals surface area contributed by atoms with E-state index in [-0.39, 0.29) is 17.8 Å². The highest BCUT2D eigenvalue weighted by Gasteiger charge is 2.37. The molecule has 3 rings (SSSR count). The molecular weight excluding hydrogens is 280 g/mol. The van der Waals surface area contributed by atoms with Crippen LogP contribution in [0.5, 0.6) is 0 Å². The van der Waals surface area contributed by atoms with E-state index in [9.17, 15) is 17.6 Å². The minimum absolute atomic E-state index is 0.171. The molecule has 20 heavy (non-hydrogen) atoms. The van der Waals surface area contributed by atoms with Gasteiger partial charge in [-0.2, -0.15) is 23.3 Å². The van der Waals surface area contributed by atoms with Gasteiger partial charge in [0.05, 0.1) is 17.1 Å². The molecule has 0 aliphatic heterocycles. The van der Waals surface area contributed by atoms with Crippen molar-refractivity contribution in [2.45, 2.75) is 12.7 Å². The molecular formula is C11H6F4N4O. The zero-order valence-corrected chi connectivity index (χ0v) is 9.73. The molecule has 5 nitrogen and oxygen atoms in total. The zero-order valence-electron chi connectivity index (χ0n) is 9.73. The van der Waals surface area contributed by atoms with E-state index in [1.54, 1.807) is 6.07 Å². The number of hydrogen-bond donors (Lipinski definition) is 0. The molecule has 104 valence electrons. The van der Waals surface area contributed by atoms with Crippen LogP contribution in [0, 0.1) is 5.82 Å². The Morgan fingerprint density at radius 1 is 1.25 bits per heavy atom. The largest absolute Gasteiger partial charge is 0.455 e. The first-order valence-electron chi connectivity index (χ1n) is 5.45. The average molecular weight is 286 g/mol. The van der Waals surface area contributed by atoms with E-state index in [0.29, 0.717) is 5.52 Å². The fourth-order valence-corrected chi connectivity index (χ4v) is 1.76. The third-order valence-corrected chi connectivity index (χ3v) is 2.64. The Morgan fingerprint density at radius 3 is 2.75 bits per heavy atom. The minimum atomic E-state index is -4.67. The van der Waals surface area contributed by atoms with Crippen LogP contribution in [0.25, 0.3) is 10.9 Å². The second-order valence-electron chi connectivity index (χ2n) is 3.98. The van der Waals surface area contributed by atoms with Crippen LogP contribution < -0.4 is 0 Å². The molecule has 1 aromatic carbocycles. The van der Waals surface area contributed by atoms with E-state index >= 15 is 0 Å². The van der Waals surface area contributed by atoms with Crippen molar-refractivity contribution >= 4 is 10.9 Å². The summed E-state index contributed by atoms with van der Waals surface area (Å²) >= 11 is 0. The SMILES string of the molecule is Fc1cccc2c1cnn2Cc1nc(C(F)(F)F)no1. The predicted octanol–water partition coefficient (Wildman–Crippen LogP) is 2.63. The maximum Gasteiger partial charge on any atom is 0.455 e. The molecule has 0 N–H and O–H groups in total. The maximum absolute atomic E-state index is 13.4. The standard InChI is InChI=1S/C11H6F4N4O/c12-7-2-1-3-8-6(7)4-16-19(8)5-9-17-10(18-20-9)11(13,14)15/h1-4H,5H2. The van der Waals surface area contributed by atoms with Crippen molar-refractivity contribution in [2.75, 3.05) is 0 Å². The Hall–Kier alpha value is -2.45. The lowest BCUT2D eigenvalue weighted by Gasteiger charge is -1.99. The number of halogens is 4. The third kappa shape index (κ3) is 2.10. The Kier molecular flexibility index (Phi) is 2.70. The van der Waals surface area contributed by atoms with Crippen molar-refractivity contribution in [3.63, 3.8) is 0 Å². The number of fused-ring (bicyclic) bond motifs is 1. The highest BCUT2D eigenvalue weighted by Crippen LogP contribution is 2.26. The molecule has 2 aromatic heterocycles. The van der Waals surface area contributed by atoms with Gasteiger partial charge in [-0.3, -0.25) is 4.68 Å². The third-order valence-electron chi connectivity index (χ3n) is 2.64. The molecule has 0 spiro atoms. The number of alkyl halides is 3. The maximum atomic E-state index is 13.4. The first-order chi connectivity index (χ1) is 9.45. The van der Waals surface area contributed by atoms with E-state index in [2.05, 4.69) is 19.8 Å². The van der Waals surface area contributed by atoms with Gasteiger partial charge in [0.25, 0.3) is 5.82 Å². The Bertz CT molecular complexity index is 761. The first-order valence-corrected chi connectivity index (χ1v) is 5.45. The van der Waals surface area contributed by atoms with E-state index in [1.807, 2.05) is 0 Å². The van der Waals surface area contributed by atoms with E-state index < -0.39 is 17.8 Å². The normalized spacial score (nSPS) is 12.2. The fraction of sp³-hybridized carbons (Fsp3) is 0.182. The number of nitrogens with zero attached hydrogens (tertiary/aromatic N) is 4. The van der Waals surface area contributed by atoms with Gasteiger partial charge in [0.2, 0.25) is 5.89 Å². The van der Waals surface area contributed by atoms with Crippen molar-refractivity contribution < 1.29 is 22.1 Å². The monoisotopic (exact) mass is 286 g/mol. The molecule has 2 heterocycles. The number of rotatable bonds is 2. The van der Waals surface area contributed by atoms with Crippen LogP contribution in [0.15, 0.2) is 28.9 Å². The molecule has 0 aliphatic carbocycles. The highest BCUT2D eigenvalue weighted by molar-refractivity contribution is 5.79. The van der Waals surface area contributed by atoms with Gasteiger partial charge in [-0.25, -0.2) is 4.39 Å². The van der Waals surface area contributed by atoms with Crippen LogP contribution in [-0.2, 0) is 12.7 Å². The molecule has 0 aliphatic rings. The summed E-state index contributed by atoms with van der Waals surface area (Å²) in [5.41, 5.74) is 0.428. The molecule has 0 amide bonds. The first kappa shape index (κ1) is 12.6. The zero-order chi connectivity index (χ0) is 14.3. The molecule has 0 saturated heterocycles. The molecule has 3 aromatic rings. The summed E-state index contributed by atoms with van der Waals surface area (Å²) in [6.07, 6.45) is -3.38. The van der Waals surface area contributed by atoms with E-state index in [1.165, 1.54) is 23.0 Å². The van der Waals surface area contributed by atoms with Crippen molar-refractivity contribution in [1.82, 2.24) is 19.9 Å². The summed E-state index contributed by atoms with van der Waals surface area (Å²) < 4.78 is 56.2. The van der Waals surface area contributed by atoms with Crippen molar-refractivity contribution in [1.29, 1.82) is 0 Å². The van der Waals surface area contributed by atoms with E-state index in [4.69, 9.17) is 0 Å². The molecule has 0 saturated carbocycles. The second-order valence-corrected chi connectivity index (χ2v) is 3.98. The number of benzene rings is 1. The van der Waals surface area contributed by atoms with Gasteiger partial charge < -0.3 is 4.52 Å². The molecule has 9 heteroatoms. The van der Waals surface area contributed by atoms with Crippen LogP contribution in [-0.4, -0.2) is 19.9 Å². The van der Waals surface area contributed by atoms with E-state index in [0.717, 1.165) is 0 Å². The lowest BCUT2D eigenvalue weighted by Crippen LogP contribution is -2.08. The smallest absolute Gasteiger partial charge is 0.337 e. The van der Waals surface area contributed by atoms with Gasteiger partial charge >= 0.3 is 6.18 Å². The summed E-state index contributed by atoms with van der Waals surface area (Å²) in [4.78, 5) is 3.23. The average Bonchev–Trinajstić information content (AvgIpc) is 2.98. The minimum Gasteiger partial charge on any atom is -0.337 e. The van der Waals surface area contributed by atoms with Crippen molar-refractivity contribution in [2.24, 2.45) is 0 Å². The quantitative estimate of drug-likeness (QED) is 0.679. The molecule has 0 radical (unpaired) electrons. The van der Waals surface area contributed by atoms with Gasteiger partial charge in [-0.05, 0) is 12.1 Å². The van der Waals surface area contributed by atoms with Crippen LogP contribution >= 0.6 is 0 Å². The summed E-state index contributed by atoms with van der Waals surface area (Å²) in [5.74, 6) is -2.07.